The molecule has 0 atom stereocenters. The number of hydrogen-bond donors (Lipinski definition) is 1. The fraction of sp³-hybridized carbons (Fsp3) is 0.250. The van der Waals surface area contributed by atoms with Gasteiger partial charge in [0.1, 0.15) is 12.4 Å². The summed E-state index contributed by atoms with van der Waals surface area (Å²) in [6.45, 7) is 3.13. The number of piperazine rings is 1. The largest absolute Gasteiger partial charge is 0.328 e. The van der Waals surface area contributed by atoms with Crippen molar-refractivity contribution in [2.75, 3.05) is 26.2 Å². The maximum absolute atomic E-state index is 14.0. The second-order valence-corrected chi connectivity index (χ2v) is 7.18. The second-order valence-electron chi connectivity index (χ2n) is 6.77. The van der Waals surface area contributed by atoms with Gasteiger partial charge in [-0.15, -0.1) is 5.10 Å². The fourth-order valence-electron chi connectivity index (χ4n) is 3.36. The van der Waals surface area contributed by atoms with E-state index < -0.39 is 0 Å². The highest BCUT2D eigenvalue weighted by atomic mass is 35.5. The van der Waals surface area contributed by atoms with E-state index in [-0.39, 0.29) is 11.7 Å². The Morgan fingerprint density at radius 1 is 1.11 bits per heavy atom. The number of hydrogen-bond acceptors (Lipinski definition) is 3. The van der Waals surface area contributed by atoms with Crippen LogP contribution in [0, 0.1) is 5.82 Å². The van der Waals surface area contributed by atoms with Gasteiger partial charge in [-0.05, 0) is 24.3 Å². The van der Waals surface area contributed by atoms with Crippen molar-refractivity contribution < 1.29 is 14.1 Å². The molecule has 6 nitrogen and oxygen atoms in total. The third-order valence-electron chi connectivity index (χ3n) is 4.94. The molecule has 0 bridgehead atoms. The molecule has 1 aromatic heterocycles. The van der Waals surface area contributed by atoms with Gasteiger partial charge in [-0.2, -0.15) is 9.90 Å². The molecule has 2 aromatic carbocycles. The summed E-state index contributed by atoms with van der Waals surface area (Å²) in [6.07, 6.45) is 1.49. The number of carbonyl (C=O) groups excluding carboxylic acids is 1. The molecular weight excluding hydrogens is 381 g/mol. The summed E-state index contributed by atoms with van der Waals surface area (Å²) in [4.78, 5) is 17.2. The van der Waals surface area contributed by atoms with Crippen molar-refractivity contribution in [1.29, 1.82) is 0 Å². The van der Waals surface area contributed by atoms with Crippen LogP contribution in [-0.4, -0.2) is 52.0 Å². The van der Waals surface area contributed by atoms with E-state index in [0.717, 1.165) is 18.8 Å². The first kappa shape index (κ1) is 18.6. The zero-order valence-electron chi connectivity index (χ0n) is 15.2. The van der Waals surface area contributed by atoms with E-state index in [9.17, 15) is 9.18 Å². The third kappa shape index (κ3) is 3.90. The number of carbonyl (C=O) groups is 1. The first-order valence-corrected chi connectivity index (χ1v) is 9.53. The monoisotopic (exact) mass is 400 g/mol. The smallest absolute Gasteiger partial charge is 0.276 e. The van der Waals surface area contributed by atoms with Gasteiger partial charge in [0.25, 0.3) is 5.91 Å². The molecule has 0 unspecified atom stereocenters. The van der Waals surface area contributed by atoms with E-state index in [4.69, 9.17) is 11.6 Å². The SMILES string of the molecule is O=C(c1cnn(-c2ccccc2)n1)N1CC[NH+](Cc2c(F)cccc2Cl)CC1. The average Bonchev–Trinajstić information content (AvgIpc) is 3.22. The van der Waals surface area contributed by atoms with Gasteiger partial charge in [-0.3, -0.25) is 4.79 Å². The number of halogens is 2. The van der Waals surface area contributed by atoms with Crippen LogP contribution in [0.25, 0.3) is 5.69 Å². The second kappa shape index (κ2) is 8.08. The predicted octanol–water partition coefficient (Wildman–Crippen LogP) is 1.60. The maximum Gasteiger partial charge on any atom is 0.276 e. The highest BCUT2D eigenvalue weighted by molar-refractivity contribution is 6.31. The molecule has 144 valence electrons. The Morgan fingerprint density at radius 3 is 2.57 bits per heavy atom. The Bertz CT molecular complexity index is 949. The number of benzene rings is 2. The average molecular weight is 401 g/mol. The summed E-state index contributed by atoms with van der Waals surface area (Å²) in [5, 5.41) is 8.94. The number of aromatic nitrogens is 3. The Hall–Kier alpha value is -2.77. The number of nitrogens with one attached hydrogen (secondary N) is 1. The molecule has 0 saturated carbocycles. The molecule has 4 rings (SSSR count). The standard InChI is InChI=1S/C20H19ClFN5O/c21-17-7-4-8-18(22)16(17)14-25-9-11-26(12-10-25)20(28)19-13-23-27(24-19)15-5-2-1-3-6-15/h1-8,13H,9-12,14H2/p+1. The number of para-hydroxylation sites is 1. The zero-order chi connectivity index (χ0) is 19.5. The zero-order valence-corrected chi connectivity index (χ0v) is 15.9. The van der Waals surface area contributed by atoms with E-state index in [2.05, 4.69) is 10.2 Å². The summed E-state index contributed by atoms with van der Waals surface area (Å²) in [6, 6.07) is 14.2. The summed E-state index contributed by atoms with van der Waals surface area (Å²) in [5.74, 6) is -0.416. The van der Waals surface area contributed by atoms with Crippen LogP contribution in [0.4, 0.5) is 4.39 Å². The Morgan fingerprint density at radius 2 is 1.86 bits per heavy atom. The minimum atomic E-state index is -0.281. The summed E-state index contributed by atoms with van der Waals surface area (Å²) in [5.41, 5.74) is 1.66. The van der Waals surface area contributed by atoms with Crippen molar-refractivity contribution in [3.05, 3.63) is 76.8 Å². The van der Waals surface area contributed by atoms with Crippen LogP contribution in [0.1, 0.15) is 16.1 Å². The lowest BCUT2D eigenvalue weighted by Crippen LogP contribution is -3.13. The summed E-state index contributed by atoms with van der Waals surface area (Å²) in [7, 11) is 0. The molecule has 1 amide bonds. The van der Waals surface area contributed by atoms with Crippen LogP contribution in [-0.2, 0) is 6.54 Å². The molecule has 0 aliphatic carbocycles. The number of rotatable bonds is 4. The molecule has 0 spiro atoms. The van der Waals surface area contributed by atoms with Gasteiger partial charge in [0.2, 0.25) is 0 Å². The van der Waals surface area contributed by atoms with Gasteiger partial charge >= 0.3 is 0 Å². The molecule has 1 N–H and O–H groups in total. The molecule has 1 saturated heterocycles. The molecule has 1 fully saturated rings. The Kier molecular flexibility index (Phi) is 5.36. The van der Waals surface area contributed by atoms with Crippen LogP contribution >= 0.6 is 11.6 Å². The Labute approximate surface area is 167 Å². The van der Waals surface area contributed by atoms with Crippen LogP contribution < -0.4 is 4.90 Å². The van der Waals surface area contributed by atoms with Crippen molar-refractivity contribution in [1.82, 2.24) is 19.9 Å². The number of nitrogens with zero attached hydrogens (tertiary/aromatic N) is 4. The number of quaternary nitrogens is 1. The van der Waals surface area contributed by atoms with Gasteiger partial charge in [0, 0.05) is 0 Å². The molecule has 3 aromatic rings. The summed E-state index contributed by atoms with van der Waals surface area (Å²) >= 11 is 6.13. The third-order valence-corrected chi connectivity index (χ3v) is 5.30. The van der Waals surface area contributed by atoms with Crippen LogP contribution in [0.3, 0.4) is 0 Å². The van der Waals surface area contributed by atoms with Crippen LogP contribution in [0.5, 0.6) is 0 Å². The van der Waals surface area contributed by atoms with Gasteiger partial charge < -0.3 is 9.80 Å². The van der Waals surface area contributed by atoms with E-state index in [1.54, 1.807) is 17.0 Å². The highest BCUT2D eigenvalue weighted by Gasteiger charge is 2.27. The molecule has 8 heteroatoms. The van der Waals surface area contributed by atoms with E-state index in [0.29, 0.717) is 35.9 Å². The molecule has 28 heavy (non-hydrogen) atoms. The molecule has 2 heterocycles. The van der Waals surface area contributed by atoms with Gasteiger partial charge in [0.05, 0.1) is 48.6 Å². The van der Waals surface area contributed by atoms with Crippen molar-refractivity contribution in [2.45, 2.75) is 6.54 Å². The first-order valence-electron chi connectivity index (χ1n) is 9.15. The normalized spacial score (nSPS) is 15.0. The molecule has 0 radical (unpaired) electrons. The maximum atomic E-state index is 14.0. The summed E-state index contributed by atoms with van der Waals surface area (Å²) < 4.78 is 14.0. The van der Waals surface area contributed by atoms with Gasteiger partial charge in [0.15, 0.2) is 5.69 Å². The molecule has 1 aliphatic heterocycles. The van der Waals surface area contributed by atoms with Gasteiger partial charge in [-0.1, -0.05) is 35.9 Å². The van der Waals surface area contributed by atoms with E-state index in [1.807, 2.05) is 30.3 Å². The van der Waals surface area contributed by atoms with Crippen molar-refractivity contribution >= 4 is 17.5 Å². The quantitative estimate of drug-likeness (QED) is 0.723. The highest BCUT2D eigenvalue weighted by Crippen LogP contribution is 2.17. The van der Waals surface area contributed by atoms with E-state index >= 15 is 0 Å². The Balaban J connectivity index is 1.37. The lowest BCUT2D eigenvalue weighted by Gasteiger charge is -2.32. The minimum Gasteiger partial charge on any atom is -0.328 e. The fourth-order valence-corrected chi connectivity index (χ4v) is 3.59. The lowest BCUT2D eigenvalue weighted by atomic mass is 10.1. The minimum absolute atomic E-state index is 0.134. The molecule has 1 aliphatic rings. The van der Waals surface area contributed by atoms with Crippen molar-refractivity contribution in [3.63, 3.8) is 0 Å². The van der Waals surface area contributed by atoms with E-state index in [1.165, 1.54) is 22.0 Å². The van der Waals surface area contributed by atoms with Crippen molar-refractivity contribution in [3.8, 4) is 5.69 Å². The number of amides is 1. The van der Waals surface area contributed by atoms with Crippen LogP contribution in [0.2, 0.25) is 5.02 Å². The predicted molar refractivity (Wildman–Crippen MR) is 103 cm³/mol. The van der Waals surface area contributed by atoms with Crippen molar-refractivity contribution in [2.24, 2.45) is 0 Å². The topological polar surface area (TPSA) is 55.5 Å². The van der Waals surface area contributed by atoms with Gasteiger partial charge in [-0.25, -0.2) is 4.39 Å². The first-order chi connectivity index (χ1) is 13.6. The lowest BCUT2D eigenvalue weighted by molar-refractivity contribution is -0.917. The van der Waals surface area contributed by atoms with Crippen LogP contribution in [0.15, 0.2) is 54.7 Å². The molecular formula is C20H20ClFN5O+.